The van der Waals surface area contributed by atoms with E-state index in [4.69, 9.17) is 0 Å². The third kappa shape index (κ3) is 4.95. The lowest BCUT2D eigenvalue weighted by Crippen LogP contribution is -2.71. The molecule has 8 atom stereocenters. The second-order valence-electron chi connectivity index (χ2n) is 14.0. The monoisotopic (exact) mass is 536 g/mol. The average Bonchev–Trinajstić information content (AvgIpc) is 2.88. The van der Waals surface area contributed by atoms with Crippen LogP contribution in [0.3, 0.4) is 0 Å². The van der Waals surface area contributed by atoms with Crippen molar-refractivity contribution < 1.29 is 19.8 Å². The van der Waals surface area contributed by atoms with Crippen LogP contribution >= 0.6 is 0 Å². The molecule has 2 rings (SSSR count). The first-order valence-electron chi connectivity index (χ1n) is 15.3. The standard InChI is InChI=1S/C32H60N2O4/c1-13-28(7)20-24(22(5)30(9,15-3)33(28)11)32(27(37)38,19-17-18-26(35)36)25-21-29(8,14-2)34(12)31(10,16-4)23(25)6/h22-25H,13-21H2,1-12H3,(H,35,36)(H,37,38). The van der Waals surface area contributed by atoms with Gasteiger partial charge in [-0.3, -0.25) is 19.4 Å². The van der Waals surface area contributed by atoms with Gasteiger partial charge in [0.15, 0.2) is 0 Å². The lowest BCUT2D eigenvalue weighted by Gasteiger charge is -2.67. The number of nitrogens with zero attached hydrogens (tertiary/aromatic N) is 2. The van der Waals surface area contributed by atoms with Crippen molar-refractivity contribution in [1.29, 1.82) is 0 Å². The summed E-state index contributed by atoms with van der Waals surface area (Å²) in [7, 11) is 4.46. The van der Waals surface area contributed by atoms with Gasteiger partial charge in [-0.15, -0.1) is 0 Å². The fraction of sp³-hybridized carbons (Fsp3) is 0.938. The van der Waals surface area contributed by atoms with Gasteiger partial charge < -0.3 is 10.2 Å². The number of hydrogen-bond acceptors (Lipinski definition) is 4. The maximum absolute atomic E-state index is 14.0. The maximum atomic E-state index is 14.0. The normalized spacial score (nSPS) is 42.5. The minimum Gasteiger partial charge on any atom is -0.481 e. The Labute approximate surface area is 233 Å². The maximum Gasteiger partial charge on any atom is 0.310 e. The van der Waals surface area contributed by atoms with Crippen molar-refractivity contribution in [3.63, 3.8) is 0 Å². The van der Waals surface area contributed by atoms with Crippen LogP contribution in [0.2, 0.25) is 0 Å². The molecule has 2 aliphatic heterocycles. The van der Waals surface area contributed by atoms with E-state index < -0.39 is 17.4 Å². The van der Waals surface area contributed by atoms with E-state index in [2.05, 4.69) is 93.1 Å². The fourth-order valence-electron chi connectivity index (χ4n) is 9.03. The first-order chi connectivity index (χ1) is 17.4. The molecule has 0 aromatic heterocycles. The molecule has 2 aliphatic rings. The molecule has 0 saturated carbocycles. The molecule has 38 heavy (non-hydrogen) atoms. The molecule has 2 heterocycles. The SMILES string of the molecule is CCC1(C)CC(C(CCCC(=O)O)(C(=O)O)C2CC(C)(CC)N(C)C(C)(CC)C2C)C(C)C(C)(CC)N1C. The van der Waals surface area contributed by atoms with Gasteiger partial charge in [0.2, 0.25) is 0 Å². The molecule has 8 unspecified atom stereocenters. The van der Waals surface area contributed by atoms with Crippen LogP contribution in [0.5, 0.6) is 0 Å². The van der Waals surface area contributed by atoms with Crippen molar-refractivity contribution in [1.82, 2.24) is 9.80 Å². The van der Waals surface area contributed by atoms with Crippen LogP contribution in [-0.4, -0.2) is 68.2 Å². The van der Waals surface area contributed by atoms with Crippen molar-refractivity contribution in [3.8, 4) is 0 Å². The summed E-state index contributed by atoms with van der Waals surface area (Å²) in [5, 5.41) is 21.0. The Hall–Kier alpha value is -1.14. The number of likely N-dealkylation sites (tertiary alicyclic amines) is 2. The molecule has 0 bridgehead atoms. The van der Waals surface area contributed by atoms with Crippen molar-refractivity contribution in [3.05, 3.63) is 0 Å². The van der Waals surface area contributed by atoms with Crippen LogP contribution in [0.1, 0.15) is 127 Å². The molecule has 0 spiro atoms. The highest BCUT2D eigenvalue weighted by molar-refractivity contribution is 5.76. The van der Waals surface area contributed by atoms with E-state index >= 15 is 0 Å². The summed E-state index contributed by atoms with van der Waals surface area (Å²) >= 11 is 0. The van der Waals surface area contributed by atoms with Crippen molar-refractivity contribution in [2.75, 3.05) is 14.1 Å². The molecule has 0 aromatic rings. The number of piperidine rings is 2. The molecule has 6 heteroatoms. The zero-order valence-corrected chi connectivity index (χ0v) is 26.8. The lowest BCUT2D eigenvalue weighted by atomic mass is 9.46. The van der Waals surface area contributed by atoms with Crippen LogP contribution in [0.15, 0.2) is 0 Å². The van der Waals surface area contributed by atoms with Gasteiger partial charge in [0.1, 0.15) is 0 Å². The van der Waals surface area contributed by atoms with E-state index in [1.807, 2.05) is 0 Å². The Morgan fingerprint density at radius 2 is 1.13 bits per heavy atom. The van der Waals surface area contributed by atoms with Gasteiger partial charge >= 0.3 is 11.9 Å². The van der Waals surface area contributed by atoms with Gasteiger partial charge in [0.05, 0.1) is 5.41 Å². The van der Waals surface area contributed by atoms with E-state index in [1.54, 1.807) is 0 Å². The largest absolute Gasteiger partial charge is 0.481 e. The average molecular weight is 537 g/mol. The lowest BCUT2D eigenvalue weighted by molar-refractivity contribution is -0.201. The second kappa shape index (κ2) is 11.4. The summed E-state index contributed by atoms with van der Waals surface area (Å²) in [4.78, 5) is 30.7. The number of rotatable bonds is 11. The summed E-state index contributed by atoms with van der Waals surface area (Å²) < 4.78 is 0. The van der Waals surface area contributed by atoms with Crippen LogP contribution in [0, 0.1) is 29.1 Å². The molecule has 2 saturated heterocycles. The fourth-order valence-corrected chi connectivity index (χ4v) is 9.03. The highest BCUT2D eigenvalue weighted by Crippen LogP contribution is 2.62. The quantitative estimate of drug-likeness (QED) is 0.291. The van der Waals surface area contributed by atoms with Crippen LogP contribution in [0.25, 0.3) is 0 Å². The molecule has 0 aromatic carbocycles. The van der Waals surface area contributed by atoms with Gasteiger partial charge in [-0.2, -0.15) is 0 Å². The molecule has 2 fully saturated rings. The molecule has 0 amide bonds. The number of carboxylic acids is 2. The van der Waals surface area contributed by atoms with E-state index in [0.717, 1.165) is 38.5 Å². The van der Waals surface area contributed by atoms with Gasteiger partial charge in [0, 0.05) is 28.6 Å². The Kier molecular flexibility index (Phi) is 9.91. The molecule has 222 valence electrons. The summed E-state index contributed by atoms with van der Waals surface area (Å²) in [5.74, 6) is -1.32. The zero-order chi connectivity index (χ0) is 29.5. The van der Waals surface area contributed by atoms with Gasteiger partial charge in [-0.05, 0) is 117 Å². The third-order valence-corrected chi connectivity index (χ3v) is 13.3. The predicted molar refractivity (Wildman–Crippen MR) is 156 cm³/mol. The van der Waals surface area contributed by atoms with E-state index in [-0.39, 0.29) is 52.2 Å². The third-order valence-electron chi connectivity index (χ3n) is 13.3. The second-order valence-corrected chi connectivity index (χ2v) is 14.0. The topological polar surface area (TPSA) is 81.1 Å². The Morgan fingerprint density at radius 1 is 0.763 bits per heavy atom. The van der Waals surface area contributed by atoms with E-state index in [9.17, 15) is 19.8 Å². The Balaban J connectivity index is 2.88. The highest BCUT2D eigenvalue weighted by atomic mass is 16.4. The van der Waals surface area contributed by atoms with Gasteiger partial charge in [0.25, 0.3) is 0 Å². The highest BCUT2D eigenvalue weighted by Gasteiger charge is 2.65. The number of carbonyl (C=O) groups is 2. The predicted octanol–water partition coefficient (Wildman–Crippen LogP) is 7.16. The van der Waals surface area contributed by atoms with Crippen LogP contribution in [-0.2, 0) is 9.59 Å². The first kappa shape index (κ1) is 33.1. The van der Waals surface area contributed by atoms with Gasteiger partial charge in [-0.25, -0.2) is 0 Å². The summed E-state index contributed by atoms with van der Waals surface area (Å²) in [5.41, 5.74) is -1.51. The minimum atomic E-state index is -0.990. The van der Waals surface area contributed by atoms with Crippen LogP contribution < -0.4 is 0 Å². The molecule has 0 radical (unpaired) electrons. The van der Waals surface area contributed by atoms with Crippen molar-refractivity contribution in [2.24, 2.45) is 29.1 Å². The number of hydrogen-bond donors (Lipinski definition) is 2. The van der Waals surface area contributed by atoms with Crippen molar-refractivity contribution >= 4 is 11.9 Å². The number of carboxylic acid groups (broad SMARTS) is 2. The number of aliphatic carboxylic acids is 2. The Bertz CT molecular complexity index is 812. The molecular formula is C32H60N2O4. The van der Waals surface area contributed by atoms with Gasteiger partial charge in [-0.1, -0.05) is 41.5 Å². The smallest absolute Gasteiger partial charge is 0.310 e. The Morgan fingerprint density at radius 3 is 1.39 bits per heavy atom. The summed E-state index contributed by atoms with van der Waals surface area (Å²) in [6.45, 7) is 22.8. The summed E-state index contributed by atoms with van der Waals surface area (Å²) in [6.07, 6.45) is 6.28. The molecule has 0 aliphatic carbocycles. The first-order valence-corrected chi connectivity index (χ1v) is 15.3. The zero-order valence-electron chi connectivity index (χ0n) is 26.8. The minimum absolute atomic E-state index is 0.0171. The summed E-state index contributed by atoms with van der Waals surface area (Å²) in [6, 6.07) is 0. The van der Waals surface area contributed by atoms with E-state index in [1.165, 1.54) is 0 Å². The van der Waals surface area contributed by atoms with E-state index in [0.29, 0.717) is 12.8 Å². The van der Waals surface area contributed by atoms with Crippen molar-refractivity contribution in [2.45, 2.75) is 149 Å². The molecule has 2 N–H and O–H groups in total. The molecule has 6 nitrogen and oxygen atoms in total. The van der Waals surface area contributed by atoms with Crippen LogP contribution in [0.4, 0.5) is 0 Å². The molecular weight excluding hydrogens is 476 g/mol.